The number of hydrogen-bond acceptors (Lipinski definition) is 5. The fourth-order valence-electron chi connectivity index (χ4n) is 1.85. The molecule has 1 aliphatic rings. The van der Waals surface area contributed by atoms with Crippen molar-refractivity contribution in [2.75, 3.05) is 12.5 Å². The van der Waals surface area contributed by atoms with E-state index in [2.05, 4.69) is 4.72 Å². The smallest absolute Gasteiger partial charge is 0.264 e. The molecule has 0 amide bonds. The second-order valence-electron chi connectivity index (χ2n) is 4.12. The van der Waals surface area contributed by atoms with Crippen molar-refractivity contribution in [1.29, 1.82) is 0 Å². The van der Waals surface area contributed by atoms with E-state index in [1.165, 1.54) is 0 Å². The minimum absolute atomic E-state index is 0.446. The Hall–Kier alpha value is -0.180. The first-order chi connectivity index (χ1) is 7.17. The highest BCUT2D eigenvalue weighted by Crippen LogP contribution is 2.22. The van der Waals surface area contributed by atoms with Crippen molar-refractivity contribution >= 4 is 20.1 Å². The lowest BCUT2D eigenvalue weighted by Gasteiger charge is -2.30. The van der Waals surface area contributed by atoms with Crippen LogP contribution in [-0.2, 0) is 24.3 Å². The Balaban J connectivity index is 2.72. The van der Waals surface area contributed by atoms with Gasteiger partial charge in [0.05, 0.1) is 18.6 Å². The zero-order valence-corrected chi connectivity index (χ0v) is 11.0. The van der Waals surface area contributed by atoms with Gasteiger partial charge < -0.3 is 0 Å². The Labute approximate surface area is 96.5 Å². The van der Waals surface area contributed by atoms with Crippen LogP contribution >= 0.6 is 0 Å². The molecular weight excluding hydrogens is 254 g/mol. The van der Waals surface area contributed by atoms with Gasteiger partial charge in [-0.15, -0.1) is 0 Å². The van der Waals surface area contributed by atoms with Crippen LogP contribution in [0.15, 0.2) is 0 Å². The van der Waals surface area contributed by atoms with Crippen LogP contribution in [0.5, 0.6) is 0 Å². The van der Waals surface area contributed by atoms with Gasteiger partial charge in [-0.3, -0.25) is 4.18 Å². The van der Waals surface area contributed by atoms with E-state index in [-0.39, 0.29) is 0 Å². The molecule has 0 aromatic rings. The number of sulfonamides is 1. The van der Waals surface area contributed by atoms with Gasteiger partial charge in [0, 0.05) is 6.04 Å². The van der Waals surface area contributed by atoms with Crippen molar-refractivity contribution in [2.45, 2.75) is 37.8 Å². The molecular formula is C8H17NO5S2. The van der Waals surface area contributed by atoms with E-state index in [9.17, 15) is 16.8 Å². The highest BCUT2D eigenvalue weighted by Gasteiger charge is 2.30. The van der Waals surface area contributed by atoms with E-state index in [1.807, 2.05) is 0 Å². The number of nitrogens with one attached hydrogen (secondary N) is 1. The lowest BCUT2D eigenvalue weighted by Crippen LogP contribution is -2.46. The largest absolute Gasteiger partial charge is 0.265 e. The van der Waals surface area contributed by atoms with E-state index in [1.54, 1.807) is 0 Å². The summed E-state index contributed by atoms with van der Waals surface area (Å²) in [4.78, 5) is 0. The van der Waals surface area contributed by atoms with Gasteiger partial charge in [-0.05, 0) is 12.8 Å². The average Bonchev–Trinajstić information content (AvgIpc) is 2.03. The van der Waals surface area contributed by atoms with Crippen molar-refractivity contribution in [3.05, 3.63) is 0 Å². The summed E-state index contributed by atoms with van der Waals surface area (Å²) >= 11 is 0. The lowest BCUT2D eigenvalue weighted by molar-refractivity contribution is 0.133. The summed E-state index contributed by atoms with van der Waals surface area (Å²) in [6.45, 7) is 0. The van der Waals surface area contributed by atoms with Crippen LogP contribution in [0.25, 0.3) is 0 Å². The van der Waals surface area contributed by atoms with E-state index in [4.69, 9.17) is 4.18 Å². The zero-order valence-electron chi connectivity index (χ0n) is 9.34. The molecule has 0 aromatic carbocycles. The Bertz CT molecular complexity index is 385. The van der Waals surface area contributed by atoms with Crippen LogP contribution in [0.2, 0.25) is 0 Å². The molecule has 96 valence electrons. The van der Waals surface area contributed by atoms with Gasteiger partial charge in [0.2, 0.25) is 10.0 Å². The molecule has 0 saturated heterocycles. The third kappa shape index (κ3) is 5.24. The van der Waals surface area contributed by atoms with E-state index in [0.717, 1.165) is 25.4 Å². The van der Waals surface area contributed by atoms with Gasteiger partial charge in [-0.2, -0.15) is 8.42 Å². The molecule has 0 bridgehead atoms. The van der Waals surface area contributed by atoms with E-state index >= 15 is 0 Å². The highest BCUT2D eigenvalue weighted by molar-refractivity contribution is 7.88. The van der Waals surface area contributed by atoms with Crippen LogP contribution in [0.4, 0.5) is 0 Å². The van der Waals surface area contributed by atoms with Crippen LogP contribution in [0, 0.1) is 0 Å². The second kappa shape index (κ2) is 4.99. The fourth-order valence-corrected chi connectivity index (χ4v) is 3.35. The SMILES string of the molecule is CS(=O)(=O)NC1CCCCC1OS(C)(=O)=O. The molecule has 8 heteroatoms. The van der Waals surface area contributed by atoms with Gasteiger partial charge in [-0.1, -0.05) is 12.8 Å². The van der Waals surface area contributed by atoms with E-state index in [0.29, 0.717) is 12.8 Å². The molecule has 0 aliphatic heterocycles. The predicted octanol–water partition coefficient (Wildman–Crippen LogP) is -0.177. The molecule has 6 nitrogen and oxygen atoms in total. The van der Waals surface area contributed by atoms with Gasteiger partial charge in [0.25, 0.3) is 10.1 Å². The van der Waals surface area contributed by atoms with Crippen molar-refractivity contribution in [2.24, 2.45) is 0 Å². The Morgan fingerprint density at radius 2 is 1.62 bits per heavy atom. The van der Waals surface area contributed by atoms with Crippen LogP contribution in [0.1, 0.15) is 25.7 Å². The van der Waals surface area contributed by atoms with Crippen LogP contribution in [0.3, 0.4) is 0 Å². The second-order valence-corrected chi connectivity index (χ2v) is 7.50. The van der Waals surface area contributed by atoms with Crippen molar-refractivity contribution < 1.29 is 21.0 Å². The van der Waals surface area contributed by atoms with Gasteiger partial charge in [-0.25, -0.2) is 13.1 Å². The summed E-state index contributed by atoms with van der Waals surface area (Å²) in [6, 6.07) is -0.446. The quantitative estimate of drug-likeness (QED) is 0.717. The predicted molar refractivity (Wildman–Crippen MR) is 60.0 cm³/mol. The summed E-state index contributed by atoms with van der Waals surface area (Å²) in [5.41, 5.74) is 0. The number of rotatable bonds is 4. The Morgan fingerprint density at radius 3 is 2.12 bits per heavy atom. The summed E-state index contributed by atoms with van der Waals surface area (Å²) in [6.07, 6.45) is 4.32. The first kappa shape index (κ1) is 13.9. The Kier molecular flexibility index (Phi) is 4.33. The summed E-state index contributed by atoms with van der Waals surface area (Å²) in [5.74, 6) is 0. The van der Waals surface area contributed by atoms with E-state index < -0.39 is 32.3 Å². The van der Waals surface area contributed by atoms with Crippen LogP contribution in [-0.4, -0.2) is 41.5 Å². The van der Waals surface area contributed by atoms with Gasteiger partial charge >= 0.3 is 0 Å². The van der Waals surface area contributed by atoms with Crippen molar-refractivity contribution in [3.63, 3.8) is 0 Å². The monoisotopic (exact) mass is 271 g/mol. The standard InChI is InChI=1S/C8H17NO5S2/c1-15(10,11)9-7-5-3-4-6-8(7)14-16(2,12)13/h7-9H,3-6H2,1-2H3. The average molecular weight is 271 g/mol. The molecule has 1 aliphatic carbocycles. The maximum atomic E-state index is 11.1. The maximum absolute atomic E-state index is 11.1. The molecule has 2 unspecified atom stereocenters. The third-order valence-electron chi connectivity index (χ3n) is 2.37. The topological polar surface area (TPSA) is 89.5 Å². The third-order valence-corrected chi connectivity index (χ3v) is 3.69. The minimum Gasteiger partial charge on any atom is -0.265 e. The van der Waals surface area contributed by atoms with Crippen molar-refractivity contribution in [1.82, 2.24) is 4.72 Å². The first-order valence-electron chi connectivity index (χ1n) is 5.03. The normalized spacial score (nSPS) is 27.9. The summed E-state index contributed by atoms with van der Waals surface area (Å²) in [7, 11) is -6.88. The molecule has 0 spiro atoms. The van der Waals surface area contributed by atoms with Gasteiger partial charge in [0.1, 0.15) is 0 Å². The fraction of sp³-hybridized carbons (Fsp3) is 1.00. The summed E-state index contributed by atoms with van der Waals surface area (Å²) < 4.78 is 51.5. The highest BCUT2D eigenvalue weighted by atomic mass is 32.2. The zero-order chi connectivity index (χ0) is 12.4. The summed E-state index contributed by atoms with van der Waals surface area (Å²) in [5, 5.41) is 0. The molecule has 1 saturated carbocycles. The molecule has 1 rings (SSSR count). The molecule has 0 aromatic heterocycles. The van der Waals surface area contributed by atoms with Crippen molar-refractivity contribution in [3.8, 4) is 0 Å². The number of hydrogen-bond donors (Lipinski definition) is 1. The molecule has 1 fully saturated rings. The molecule has 2 atom stereocenters. The van der Waals surface area contributed by atoms with Gasteiger partial charge in [0.15, 0.2) is 0 Å². The minimum atomic E-state index is -3.55. The molecule has 16 heavy (non-hydrogen) atoms. The molecule has 0 radical (unpaired) electrons. The first-order valence-corrected chi connectivity index (χ1v) is 8.74. The Morgan fingerprint density at radius 1 is 1.06 bits per heavy atom. The molecule has 0 heterocycles. The molecule has 1 N–H and O–H groups in total. The van der Waals surface area contributed by atoms with Crippen LogP contribution < -0.4 is 4.72 Å². The lowest BCUT2D eigenvalue weighted by atomic mass is 9.93. The maximum Gasteiger partial charge on any atom is 0.264 e.